The van der Waals surface area contributed by atoms with Gasteiger partial charge in [0, 0.05) is 27.9 Å². The molecule has 118 valence electrons. The van der Waals surface area contributed by atoms with E-state index in [1.807, 2.05) is 47.4 Å². The van der Waals surface area contributed by atoms with Crippen molar-refractivity contribution in [3.63, 3.8) is 0 Å². The van der Waals surface area contributed by atoms with E-state index in [9.17, 15) is 4.79 Å². The van der Waals surface area contributed by atoms with Crippen LogP contribution in [0.4, 0.5) is 0 Å². The lowest BCUT2D eigenvalue weighted by Crippen LogP contribution is -2.28. The van der Waals surface area contributed by atoms with Crippen molar-refractivity contribution in [2.45, 2.75) is 5.37 Å². The van der Waals surface area contributed by atoms with Crippen LogP contribution in [-0.4, -0.2) is 23.1 Å². The summed E-state index contributed by atoms with van der Waals surface area (Å²) in [4.78, 5) is 14.4. The van der Waals surface area contributed by atoms with Crippen molar-refractivity contribution in [2.75, 3.05) is 12.3 Å². The van der Waals surface area contributed by atoms with Crippen LogP contribution in [-0.2, 0) is 4.79 Å². The Bertz CT molecular complexity index is 715. The highest BCUT2D eigenvalue weighted by Gasteiger charge is 2.29. The van der Waals surface area contributed by atoms with Crippen LogP contribution in [0.15, 0.2) is 59.1 Å². The molecular weight excluding hydrogens is 394 g/mol. The monoisotopic (exact) mass is 407 g/mol. The number of amides is 1. The van der Waals surface area contributed by atoms with Crippen molar-refractivity contribution in [1.82, 2.24) is 4.90 Å². The Morgan fingerprint density at radius 2 is 1.87 bits per heavy atom. The summed E-state index contributed by atoms with van der Waals surface area (Å²) in [5.74, 6) is 0.999. The minimum absolute atomic E-state index is 0.0397. The molecule has 1 amide bonds. The van der Waals surface area contributed by atoms with Crippen LogP contribution in [0.3, 0.4) is 0 Å². The van der Waals surface area contributed by atoms with Gasteiger partial charge in [-0.3, -0.25) is 4.79 Å². The van der Waals surface area contributed by atoms with E-state index >= 15 is 0 Å². The van der Waals surface area contributed by atoms with Gasteiger partial charge in [0.2, 0.25) is 5.91 Å². The average molecular weight is 409 g/mol. The molecule has 2 aromatic carbocycles. The molecular formula is C18H15BrClNOS. The van der Waals surface area contributed by atoms with Gasteiger partial charge in [-0.15, -0.1) is 11.8 Å². The predicted molar refractivity (Wildman–Crippen MR) is 102 cm³/mol. The molecule has 0 aliphatic carbocycles. The number of thioether (sulfide) groups is 1. The van der Waals surface area contributed by atoms with Crippen molar-refractivity contribution in [1.29, 1.82) is 0 Å². The number of hydrogen-bond donors (Lipinski definition) is 0. The standard InChI is InChI=1S/C18H15BrClNOS/c19-15-6-4-14(5-7-15)18-21(11-12-23-18)17(22)10-3-13-1-8-16(20)9-2-13/h1-10,18H,11-12H2/b10-3+. The number of benzene rings is 2. The fourth-order valence-corrected chi connectivity index (χ4v) is 4.09. The molecule has 1 atom stereocenters. The Morgan fingerprint density at radius 3 is 2.57 bits per heavy atom. The summed E-state index contributed by atoms with van der Waals surface area (Å²) in [7, 11) is 0. The van der Waals surface area contributed by atoms with Gasteiger partial charge in [0.05, 0.1) is 0 Å². The quantitative estimate of drug-likeness (QED) is 0.635. The van der Waals surface area contributed by atoms with Crippen LogP contribution in [0.5, 0.6) is 0 Å². The van der Waals surface area contributed by atoms with Gasteiger partial charge in [0.25, 0.3) is 0 Å². The molecule has 0 saturated carbocycles. The first-order chi connectivity index (χ1) is 11.1. The molecule has 1 aliphatic heterocycles. The maximum Gasteiger partial charge on any atom is 0.247 e. The molecule has 0 aromatic heterocycles. The highest BCUT2D eigenvalue weighted by Crippen LogP contribution is 2.38. The molecule has 0 bridgehead atoms. The predicted octanol–water partition coefficient (Wildman–Crippen LogP) is 5.39. The third-order valence-corrected chi connectivity index (χ3v) is 5.66. The van der Waals surface area contributed by atoms with Gasteiger partial charge in [0.1, 0.15) is 5.37 Å². The van der Waals surface area contributed by atoms with E-state index in [0.29, 0.717) is 5.02 Å². The Hall–Kier alpha value is -1.23. The molecule has 2 nitrogen and oxygen atoms in total. The first-order valence-corrected chi connectivity index (χ1v) is 9.47. The number of carbonyl (C=O) groups excluding carboxylic acids is 1. The van der Waals surface area contributed by atoms with Crippen molar-refractivity contribution in [3.05, 3.63) is 75.2 Å². The van der Waals surface area contributed by atoms with E-state index in [-0.39, 0.29) is 11.3 Å². The summed E-state index contributed by atoms with van der Waals surface area (Å²) in [6, 6.07) is 15.6. The van der Waals surface area contributed by atoms with Crippen LogP contribution < -0.4 is 0 Å². The summed E-state index contributed by atoms with van der Waals surface area (Å²) < 4.78 is 1.05. The zero-order chi connectivity index (χ0) is 16.2. The number of nitrogens with zero attached hydrogens (tertiary/aromatic N) is 1. The Kier molecular flexibility index (Phi) is 5.46. The van der Waals surface area contributed by atoms with Crippen LogP contribution >= 0.6 is 39.3 Å². The molecule has 0 spiro atoms. The van der Waals surface area contributed by atoms with Crippen LogP contribution in [0, 0.1) is 0 Å². The minimum Gasteiger partial charge on any atom is -0.322 e. The topological polar surface area (TPSA) is 20.3 Å². The van der Waals surface area contributed by atoms with Crippen molar-refractivity contribution in [2.24, 2.45) is 0 Å². The van der Waals surface area contributed by atoms with Crippen LogP contribution in [0.2, 0.25) is 5.02 Å². The van der Waals surface area contributed by atoms with E-state index in [1.54, 1.807) is 17.8 Å². The molecule has 0 radical (unpaired) electrons. The number of hydrogen-bond acceptors (Lipinski definition) is 2. The molecule has 1 aliphatic rings. The normalized spacial score (nSPS) is 17.8. The van der Waals surface area contributed by atoms with Gasteiger partial charge in [-0.1, -0.05) is 51.8 Å². The second-order valence-electron chi connectivity index (χ2n) is 5.19. The molecule has 2 aromatic rings. The molecule has 1 fully saturated rings. The Balaban J connectivity index is 1.73. The zero-order valence-electron chi connectivity index (χ0n) is 12.3. The van der Waals surface area contributed by atoms with E-state index in [1.165, 1.54) is 0 Å². The van der Waals surface area contributed by atoms with E-state index in [2.05, 4.69) is 28.1 Å². The molecule has 1 unspecified atom stereocenters. The van der Waals surface area contributed by atoms with Crippen LogP contribution in [0.1, 0.15) is 16.5 Å². The van der Waals surface area contributed by atoms with Crippen LogP contribution in [0.25, 0.3) is 6.08 Å². The highest BCUT2D eigenvalue weighted by molar-refractivity contribution is 9.10. The SMILES string of the molecule is O=C(/C=C/c1ccc(Cl)cc1)N1CCSC1c1ccc(Br)cc1. The third-order valence-electron chi connectivity index (χ3n) is 3.62. The maximum atomic E-state index is 12.5. The first kappa shape index (κ1) is 16.6. The first-order valence-electron chi connectivity index (χ1n) is 7.25. The van der Waals surface area contributed by atoms with E-state index in [0.717, 1.165) is 27.9 Å². The fraction of sp³-hybridized carbons (Fsp3) is 0.167. The number of halogens is 2. The summed E-state index contributed by atoms with van der Waals surface area (Å²) in [5.41, 5.74) is 2.12. The molecule has 1 saturated heterocycles. The van der Waals surface area contributed by atoms with Gasteiger partial charge in [-0.2, -0.15) is 0 Å². The van der Waals surface area contributed by atoms with Gasteiger partial charge < -0.3 is 4.90 Å². The summed E-state index contributed by atoms with van der Waals surface area (Å²) >= 11 is 11.1. The van der Waals surface area contributed by atoms with Gasteiger partial charge in [0.15, 0.2) is 0 Å². The second-order valence-corrected chi connectivity index (χ2v) is 7.73. The fourth-order valence-electron chi connectivity index (χ4n) is 2.44. The van der Waals surface area contributed by atoms with Crippen molar-refractivity contribution in [3.8, 4) is 0 Å². The molecule has 0 N–H and O–H groups in total. The van der Waals surface area contributed by atoms with Crippen molar-refractivity contribution >= 4 is 51.3 Å². The van der Waals surface area contributed by atoms with E-state index < -0.39 is 0 Å². The summed E-state index contributed by atoms with van der Waals surface area (Å²) in [6.45, 7) is 0.773. The highest BCUT2D eigenvalue weighted by atomic mass is 79.9. The third kappa shape index (κ3) is 4.19. The second kappa shape index (κ2) is 7.56. The largest absolute Gasteiger partial charge is 0.322 e. The molecule has 5 heteroatoms. The Labute approximate surface area is 153 Å². The zero-order valence-corrected chi connectivity index (χ0v) is 15.4. The molecule has 1 heterocycles. The lowest BCUT2D eigenvalue weighted by molar-refractivity contribution is -0.126. The van der Waals surface area contributed by atoms with Crippen molar-refractivity contribution < 1.29 is 4.79 Å². The number of carbonyl (C=O) groups is 1. The summed E-state index contributed by atoms with van der Waals surface area (Å²) in [5, 5.41) is 0.783. The van der Waals surface area contributed by atoms with E-state index in [4.69, 9.17) is 11.6 Å². The van der Waals surface area contributed by atoms with Gasteiger partial charge in [-0.05, 0) is 41.5 Å². The molecule has 3 rings (SSSR count). The lowest BCUT2D eigenvalue weighted by atomic mass is 10.2. The smallest absolute Gasteiger partial charge is 0.247 e. The lowest BCUT2D eigenvalue weighted by Gasteiger charge is -2.22. The average Bonchev–Trinajstić information content (AvgIpc) is 3.04. The maximum absolute atomic E-state index is 12.5. The summed E-state index contributed by atoms with van der Waals surface area (Å²) in [6.07, 6.45) is 3.47. The van der Waals surface area contributed by atoms with Gasteiger partial charge >= 0.3 is 0 Å². The molecule has 23 heavy (non-hydrogen) atoms. The van der Waals surface area contributed by atoms with Gasteiger partial charge in [-0.25, -0.2) is 0 Å². The minimum atomic E-state index is 0.0397. The Morgan fingerprint density at radius 1 is 1.17 bits per heavy atom. The number of rotatable bonds is 3.